The number of phenols is 1. The van der Waals surface area contributed by atoms with Crippen molar-refractivity contribution < 1.29 is 26.2 Å². The van der Waals surface area contributed by atoms with Crippen molar-refractivity contribution in [2.24, 2.45) is 0 Å². The van der Waals surface area contributed by atoms with Crippen molar-refractivity contribution in [2.75, 3.05) is 0 Å². The molecular weight excluding hydrogens is 842 g/mol. The van der Waals surface area contributed by atoms with Crippen LogP contribution < -0.4 is 0 Å². The Morgan fingerprint density at radius 1 is 0.500 bits per heavy atom. The fourth-order valence-electron chi connectivity index (χ4n) is 7.22. The number of aromatic hydroxyl groups is 1. The maximum absolute atomic E-state index is 10.8. The largest absolute Gasteiger partial charge is 0.507 e. The smallest absolute Gasteiger partial charge is 0.124 e. The number of rotatable bonds is 7. The maximum Gasteiger partial charge on any atom is 0.124 e. The van der Waals surface area contributed by atoms with Crippen LogP contribution in [0.5, 0.6) is 5.75 Å². The Morgan fingerprint density at radius 2 is 1.11 bits per heavy atom. The molecule has 6 aromatic carbocycles. The van der Waals surface area contributed by atoms with E-state index in [0.717, 1.165) is 61.7 Å². The minimum absolute atomic E-state index is 0. The molecule has 1 N–H and O–H groups in total. The monoisotopic (exact) mass is 877 g/mol. The Morgan fingerprint density at radius 3 is 1.85 bits per heavy atom. The van der Waals surface area contributed by atoms with Gasteiger partial charge < -0.3 is 9.67 Å². The van der Waals surface area contributed by atoms with Crippen LogP contribution in [-0.2, 0) is 21.1 Å². The second kappa shape index (κ2) is 14.7. The van der Waals surface area contributed by atoms with Crippen LogP contribution in [0.3, 0.4) is 0 Å². The van der Waals surface area contributed by atoms with E-state index < -0.39 is 0 Å². The molecule has 4 nitrogen and oxygen atoms in total. The first-order chi connectivity index (χ1) is 26.0. The Bertz CT molecular complexity index is 2770. The molecule has 0 unspecified atom stereocenters. The quantitative estimate of drug-likeness (QED) is 0.162. The summed E-state index contributed by atoms with van der Waals surface area (Å²) in [6, 6.07) is 62.0. The van der Waals surface area contributed by atoms with Gasteiger partial charge in [-0.15, -0.1) is 24.3 Å². The third-order valence-electron chi connectivity index (χ3n) is 9.92. The standard InChI is InChI=1S/C49H36N3O.Pt/c1-32(2)43-27-38(34-24-25-41-40-20-9-11-22-47(40)52(48(41)31-34)39-18-7-4-8-19-39)29-44(50-43)35-16-13-17-36(26-35)45-28-37(33-14-5-3-6-15-33)30-46(51-45)42-21-10-12-23-49(42)53;/h3-25,27-32,53H,1-2H3;/q-1;. The molecule has 5 heteroatoms. The van der Waals surface area contributed by atoms with Crippen molar-refractivity contribution >= 4 is 21.8 Å². The number of pyridine rings is 2. The molecular formula is C49H36N3OPt-. The van der Waals surface area contributed by atoms with Crippen LogP contribution in [0.25, 0.3) is 83.5 Å². The number of para-hydroxylation sites is 3. The van der Waals surface area contributed by atoms with E-state index in [-0.39, 0.29) is 32.7 Å². The predicted molar refractivity (Wildman–Crippen MR) is 218 cm³/mol. The van der Waals surface area contributed by atoms with Crippen LogP contribution in [0.15, 0.2) is 170 Å². The molecule has 3 aromatic heterocycles. The zero-order chi connectivity index (χ0) is 35.9. The average Bonchev–Trinajstić information content (AvgIpc) is 3.55. The minimum Gasteiger partial charge on any atom is -0.507 e. The van der Waals surface area contributed by atoms with Crippen molar-refractivity contribution in [2.45, 2.75) is 19.8 Å². The third-order valence-corrected chi connectivity index (χ3v) is 9.92. The Balaban J connectivity index is 0.00000413. The molecule has 0 atom stereocenters. The molecule has 0 saturated carbocycles. The van der Waals surface area contributed by atoms with E-state index in [1.54, 1.807) is 6.07 Å². The molecule has 9 rings (SSSR count). The van der Waals surface area contributed by atoms with Gasteiger partial charge in [0.25, 0.3) is 0 Å². The number of fused-ring (bicyclic) bond motifs is 3. The zero-order valence-electron chi connectivity index (χ0n) is 29.8. The Kier molecular flexibility index (Phi) is 9.54. The molecule has 0 aliphatic carbocycles. The van der Waals surface area contributed by atoms with Crippen LogP contribution in [0.2, 0.25) is 0 Å². The van der Waals surface area contributed by atoms with Crippen LogP contribution in [-0.4, -0.2) is 19.6 Å². The average molecular weight is 878 g/mol. The van der Waals surface area contributed by atoms with E-state index in [4.69, 9.17) is 9.97 Å². The van der Waals surface area contributed by atoms with Gasteiger partial charge in [-0.25, -0.2) is 0 Å². The zero-order valence-corrected chi connectivity index (χ0v) is 32.1. The van der Waals surface area contributed by atoms with Crippen molar-refractivity contribution in [1.82, 2.24) is 14.5 Å². The van der Waals surface area contributed by atoms with E-state index >= 15 is 0 Å². The first-order valence-electron chi connectivity index (χ1n) is 18.0. The molecule has 9 aromatic rings. The molecule has 3 heterocycles. The second-order valence-corrected chi connectivity index (χ2v) is 13.7. The van der Waals surface area contributed by atoms with Gasteiger partial charge in [-0.05, 0) is 76.7 Å². The SMILES string of the molecule is CC(C)c1cc(-c2ccc3c4ccccc4n(-c4ccccc4)c3c2)cc(-c2[c-]c(-c3cc(-c4ccccc4)cc(-c4ccccc4O)n3)ccc2)n1.[Pt]. The Labute approximate surface area is 329 Å². The van der Waals surface area contributed by atoms with Crippen LogP contribution >= 0.6 is 0 Å². The number of phenolic OH excluding ortho intramolecular Hbond substituents is 1. The summed E-state index contributed by atoms with van der Waals surface area (Å²) in [4.78, 5) is 10.2. The number of benzene rings is 6. The number of nitrogens with zero attached hydrogens (tertiary/aromatic N) is 3. The van der Waals surface area contributed by atoms with E-state index in [1.807, 2.05) is 54.6 Å². The van der Waals surface area contributed by atoms with Crippen molar-refractivity contribution in [3.8, 4) is 67.5 Å². The van der Waals surface area contributed by atoms with E-state index in [9.17, 15) is 5.11 Å². The van der Waals surface area contributed by atoms with Gasteiger partial charge in [0, 0.05) is 60.2 Å². The molecule has 0 fully saturated rings. The summed E-state index contributed by atoms with van der Waals surface area (Å²) in [5.41, 5.74) is 13.6. The van der Waals surface area contributed by atoms with E-state index in [2.05, 4.69) is 134 Å². The van der Waals surface area contributed by atoms with Gasteiger partial charge in [0.2, 0.25) is 0 Å². The number of hydrogen-bond donors (Lipinski definition) is 1. The summed E-state index contributed by atoms with van der Waals surface area (Å²) >= 11 is 0. The molecule has 0 radical (unpaired) electrons. The van der Waals surface area contributed by atoms with Gasteiger partial charge in [0.1, 0.15) is 5.75 Å². The van der Waals surface area contributed by atoms with Crippen LogP contribution in [0.4, 0.5) is 0 Å². The van der Waals surface area contributed by atoms with Gasteiger partial charge in [-0.2, -0.15) is 0 Å². The van der Waals surface area contributed by atoms with Crippen molar-refractivity contribution in [3.05, 3.63) is 182 Å². The third kappa shape index (κ3) is 6.55. The summed E-state index contributed by atoms with van der Waals surface area (Å²) in [5.74, 6) is 0.417. The van der Waals surface area contributed by atoms with Gasteiger partial charge >= 0.3 is 0 Å². The molecule has 264 valence electrons. The minimum atomic E-state index is 0. The van der Waals surface area contributed by atoms with E-state index in [1.165, 1.54) is 16.3 Å². The van der Waals surface area contributed by atoms with Gasteiger partial charge in [0.15, 0.2) is 0 Å². The summed E-state index contributed by atoms with van der Waals surface area (Å²) in [7, 11) is 0. The van der Waals surface area contributed by atoms with Gasteiger partial charge in [0.05, 0.1) is 16.7 Å². The first-order valence-corrected chi connectivity index (χ1v) is 18.0. The molecule has 0 spiro atoms. The number of aromatic nitrogens is 3. The summed E-state index contributed by atoms with van der Waals surface area (Å²) in [6.45, 7) is 4.37. The van der Waals surface area contributed by atoms with Gasteiger partial charge in [-0.3, -0.25) is 9.97 Å². The van der Waals surface area contributed by atoms with Gasteiger partial charge in [-0.1, -0.05) is 128 Å². The first kappa shape index (κ1) is 35.0. The summed E-state index contributed by atoms with van der Waals surface area (Å²) in [5, 5.41) is 13.2. The molecule has 0 saturated heterocycles. The van der Waals surface area contributed by atoms with Crippen LogP contribution in [0.1, 0.15) is 25.5 Å². The Hall–Kier alpha value is -6.09. The maximum atomic E-state index is 10.8. The molecule has 0 aliphatic heterocycles. The second-order valence-electron chi connectivity index (χ2n) is 13.7. The van der Waals surface area contributed by atoms with Crippen LogP contribution in [0, 0.1) is 6.07 Å². The summed E-state index contributed by atoms with van der Waals surface area (Å²) < 4.78 is 2.36. The summed E-state index contributed by atoms with van der Waals surface area (Å²) in [6.07, 6.45) is 0. The van der Waals surface area contributed by atoms with Crippen molar-refractivity contribution in [3.63, 3.8) is 0 Å². The topological polar surface area (TPSA) is 50.9 Å². The molecule has 0 amide bonds. The normalized spacial score (nSPS) is 11.2. The fourth-order valence-corrected chi connectivity index (χ4v) is 7.22. The molecule has 0 aliphatic rings. The number of hydrogen-bond acceptors (Lipinski definition) is 3. The van der Waals surface area contributed by atoms with Crippen molar-refractivity contribution in [1.29, 1.82) is 0 Å². The predicted octanol–water partition coefficient (Wildman–Crippen LogP) is 12.5. The molecule has 54 heavy (non-hydrogen) atoms. The van der Waals surface area contributed by atoms with E-state index in [0.29, 0.717) is 11.3 Å². The fraction of sp³-hybridized carbons (Fsp3) is 0.0612. The molecule has 0 bridgehead atoms.